The molecule has 34 heavy (non-hydrogen) atoms. The van der Waals surface area contributed by atoms with Gasteiger partial charge in [-0.25, -0.2) is 13.2 Å². The molecule has 186 valence electrons. The number of ether oxygens (including phenoxy) is 2. The third-order valence-corrected chi connectivity index (χ3v) is 7.64. The van der Waals surface area contributed by atoms with Crippen LogP contribution in [0.5, 0.6) is 5.75 Å². The van der Waals surface area contributed by atoms with Crippen LogP contribution in [0.15, 0.2) is 24.3 Å². The van der Waals surface area contributed by atoms with Gasteiger partial charge in [0.2, 0.25) is 5.82 Å². The third kappa shape index (κ3) is 5.12. The lowest BCUT2D eigenvalue weighted by atomic mass is 9.75. The van der Waals surface area contributed by atoms with Crippen LogP contribution in [0.3, 0.4) is 0 Å². The van der Waals surface area contributed by atoms with E-state index in [-0.39, 0.29) is 36.2 Å². The molecule has 0 amide bonds. The van der Waals surface area contributed by atoms with Crippen molar-refractivity contribution in [3.8, 4) is 5.75 Å². The largest absolute Gasteiger partial charge is 0.491 e. The fourth-order valence-corrected chi connectivity index (χ4v) is 5.83. The SMILES string of the molecule is CCOc1ccc(C2CCC(c3ccc(C4CCC(OCC)CC4)c(F)c3F)CC2)c(F)c1F. The highest BCUT2D eigenvalue weighted by Gasteiger charge is 2.31. The van der Waals surface area contributed by atoms with E-state index < -0.39 is 23.3 Å². The molecule has 0 unspecified atom stereocenters. The first-order valence-corrected chi connectivity index (χ1v) is 12.6. The Bertz CT molecular complexity index is 977. The maximum atomic E-state index is 15.1. The van der Waals surface area contributed by atoms with Gasteiger partial charge in [0.15, 0.2) is 23.2 Å². The maximum Gasteiger partial charge on any atom is 0.200 e. The van der Waals surface area contributed by atoms with Crippen molar-refractivity contribution >= 4 is 0 Å². The van der Waals surface area contributed by atoms with Crippen molar-refractivity contribution < 1.29 is 27.0 Å². The summed E-state index contributed by atoms with van der Waals surface area (Å²) in [5, 5.41) is 0. The smallest absolute Gasteiger partial charge is 0.200 e. The average molecular weight is 479 g/mol. The molecule has 2 nitrogen and oxygen atoms in total. The lowest BCUT2D eigenvalue weighted by Crippen LogP contribution is -2.22. The molecular weight excluding hydrogens is 444 g/mol. The number of hydrogen-bond acceptors (Lipinski definition) is 2. The molecule has 0 radical (unpaired) electrons. The Morgan fingerprint density at radius 2 is 1.00 bits per heavy atom. The quantitative estimate of drug-likeness (QED) is 0.374. The zero-order chi connectivity index (χ0) is 24.2. The van der Waals surface area contributed by atoms with E-state index in [4.69, 9.17) is 9.47 Å². The molecular formula is C28H34F4O2. The minimum absolute atomic E-state index is 0.0218. The first-order chi connectivity index (χ1) is 16.4. The second-order valence-corrected chi connectivity index (χ2v) is 9.56. The Morgan fingerprint density at radius 1 is 0.588 bits per heavy atom. The molecule has 4 rings (SSSR count). The summed E-state index contributed by atoms with van der Waals surface area (Å²) in [5.41, 5.74) is 1.21. The summed E-state index contributed by atoms with van der Waals surface area (Å²) in [7, 11) is 0. The summed E-state index contributed by atoms with van der Waals surface area (Å²) in [6.45, 7) is 4.62. The number of rotatable bonds is 7. The summed E-state index contributed by atoms with van der Waals surface area (Å²) in [4.78, 5) is 0. The van der Waals surface area contributed by atoms with Gasteiger partial charge in [-0.3, -0.25) is 0 Å². The zero-order valence-corrected chi connectivity index (χ0v) is 20.0. The normalized spacial score (nSPS) is 25.4. The fraction of sp³-hybridized carbons (Fsp3) is 0.571. The van der Waals surface area contributed by atoms with Gasteiger partial charge in [0.1, 0.15) is 0 Å². The second kappa shape index (κ2) is 11.1. The van der Waals surface area contributed by atoms with Gasteiger partial charge in [-0.15, -0.1) is 0 Å². The van der Waals surface area contributed by atoms with Crippen LogP contribution >= 0.6 is 0 Å². The van der Waals surface area contributed by atoms with Crippen molar-refractivity contribution in [3.63, 3.8) is 0 Å². The van der Waals surface area contributed by atoms with Crippen LogP contribution in [0.25, 0.3) is 0 Å². The summed E-state index contributed by atoms with van der Waals surface area (Å²) in [6.07, 6.45) is 5.96. The Morgan fingerprint density at radius 3 is 1.44 bits per heavy atom. The molecule has 0 spiro atoms. The van der Waals surface area contributed by atoms with Crippen LogP contribution in [0.1, 0.15) is 99.7 Å². The van der Waals surface area contributed by atoms with Gasteiger partial charge in [0.05, 0.1) is 12.7 Å². The van der Waals surface area contributed by atoms with Crippen LogP contribution in [-0.4, -0.2) is 19.3 Å². The van der Waals surface area contributed by atoms with Crippen LogP contribution in [0.2, 0.25) is 0 Å². The van der Waals surface area contributed by atoms with Gasteiger partial charge < -0.3 is 9.47 Å². The lowest BCUT2D eigenvalue weighted by Gasteiger charge is -2.31. The second-order valence-electron chi connectivity index (χ2n) is 9.56. The van der Waals surface area contributed by atoms with Crippen LogP contribution < -0.4 is 4.74 Å². The van der Waals surface area contributed by atoms with E-state index in [1.54, 1.807) is 25.1 Å². The molecule has 0 bridgehead atoms. The van der Waals surface area contributed by atoms with Crippen molar-refractivity contribution in [2.45, 2.75) is 89.1 Å². The molecule has 0 saturated heterocycles. The molecule has 0 atom stereocenters. The van der Waals surface area contributed by atoms with Crippen molar-refractivity contribution in [3.05, 3.63) is 64.2 Å². The maximum absolute atomic E-state index is 15.1. The summed E-state index contributed by atoms with van der Waals surface area (Å²) in [5.74, 6) is -3.62. The zero-order valence-electron chi connectivity index (χ0n) is 20.0. The Labute approximate surface area is 199 Å². The number of benzene rings is 2. The minimum atomic E-state index is -0.958. The van der Waals surface area contributed by atoms with Gasteiger partial charge in [-0.05, 0) is 106 Å². The van der Waals surface area contributed by atoms with E-state index >= 15 is 8.78 Å². The minimum Gasteiger partial charge on any atom is -0.491 e. The highest BCUT2D eigenvalue weighted by molar-refractivity contribution is 5.35. The van der Waals surface area contributed by atoms with E-state index in [0.717, 1.165) is 25.7 Å². The Kier molecular flexibility index (Phi) is 8.18. The van der Waals surface area contributed by atoms with Crippen molar-refractivity contribution in [1.29, 1.82) is 0 Å². The summed E-state index contributed by atoms with van der Waals surface area (Å²) < 4.78 is 69.9. The molecule has 2 fully saturated rings. The van der Waals surface area contributed by atoms with Gasteiger partial charge in [-0.1, -0.05) is 18.2 Å². The van der Waals surface area contributed by atoms with Crippen LogP contribution in [-0.2, 0) is 4.74 Å². The molecule has 2 aliphatic rings. The lowest BCUT2D eigenvalue weighted by molar-refractivity contribution is 0.0325. The van der Waals surface area contributed by atoms with E-state index in [1.165, 1.54) is 6.07 Å². The van der Waals surface area contributed by atoms with Crippen molar-refractivity contribution in [1.82, 2.24) is 0 Å². The topological polar surface area (TPSA) is 18.5 Å². The number of halogens is 4. The fourth-order valence-electron chi connectivity index (χ4n) is 5.83. The summed E-state index contributed by atoms with van der Waals surface area (Å²) >= 11 is 0. The van der Waals surface area contributed by atoms with E-state index in [9.17, 15) is 8.78 Å². The molecule has 2 aromatic rings. The molecule has 0 N–H and O–H groups in total. The predicted octanol–water partition coefficient (Wildman–Crippen LogP) is 8.15. The van der Waals surface area contributed by atoms with Gasteiger partial charge in [0.25, 0.3) is 0 Å². The standard InChI is InChI=1S/C28H34F4O2/c1-3-33-20-11-9-19(10-12-20)22-14-13-21(25(29)26(22)30)17-5-7-18(8-6-17)23-15-16-24(34-4-2)28(32)27(23)31/h13-20H,3-12H2,1-2H3. The van der Waals surface area contributed by atoms with Crippen molar-refractivity contribution in [2.24, 2.45) is 0 Å². The Balaban J connectivity index is 1.42. The third-order valence-electron chi connectivity index (χ3n) is 7.64. The molecule has 6 heteroatoms. The highest BCUT2D eigenvalue weighted by atomic mass is 19.2. The summed E-state index contributed by atoms with van der Waals surface area (Å²) in [6, 6.07) is 6.56. The molecule has 0 aliphatic heterocycles. The first-order valence-electron chi connectivity index (χ1n) is 12.6. The molecule has 2 aromatic carbocycles. The van der Waals surface area contributed by atoms with E-state index in [0.29, 0.717) is 49.0 Å². The monoisotopic (exact) mass is 478 g/mol. The van der Waals surface area contributed by atoms with E-state index in [2.05, 4.69) is 0 Å². The average Bonchev–Trinajstić information content (AvgIpc) is 2.85. The predicted molar refractivity (Wildman–Crippen MR) is 124 cm³/mol. The van der Waals surface area contributed by atoms with Crippen LogP contribution in [0.4, 0.5) is 17.6 Å². The molecule has 0 aromatic heterocycles. The van der Waals surface area contributed by atoms with Gasteiger partial charge in [0, 0.05) is 6.61 Å². The van der Waals surface area contributed by atoms with Crippen LogP contribution in [0, 0.1) is 23.3 Å². The first kappa shape index (κ1) is 25.0. The molecule has 0 heterocycles. The van der Waals surface area contributed by atoms with Crippen molar-refractivity contribution in [2.75, 3.05) is 13.2 Å². The molecule has 2 aliphatic carbocycles. The van der Waals surface area contributed by atoms with Gasteiger partial charge in [-0.2, -0.15) is 4.39 Å². The molecule has 2 saturated carbocycles. The number of hydrogen-bond donors (Lipinski definition) is 0. The van der Waals surface area contributed by atoms with Gasteiger partial charge >= 0.3 is 0 Å². The van der Waals surface area contributed by atoms with E-state index in [1.807, 2.05) is 6.92 Å². The Hall–Kier alpha value is -2.08. The highest BCUT2D eigenvalue weighted by Crippen LogP contribution is 2.44.